The summed E-state index contributed by atoms with van der Waals surface area (Å²) in [5.41, 5.74) is 0.289. The lowest BCUT2D eigenvalue weighted by atomic mass is 9.80. The van der Waals surface area contributed by atoms with Gasteiger partial charge in [-0.05, 0) is 51.2 Å². The van der Waals surface area contributed by atoms with Crippen molar-refractivity contribution in [3.8, 4) is 0 Å². The molecule has 4 nitrogen and oxygen atoms in total. The van der Waals surface area contributed by atoms with Crippen LogP contribution < -0.4 is 5.32 Å². The fourth-order valence-corrected chi connectivity index (χ4v) is 3.62. The van der Waals surface area contributed by atoms with Gasteiger partial charge < -0.3 is 9.80 Å². The van der Waals surface area contributed by atoms with Crippen LogP contribution in [0.25, 0.3) is 0 Å². The summed E-state index contributed by atoms with van der Waals surface area (Å²) in [5, 5.41) is 3.56. The van der Waals surface area contributed by atoms with Gasteiger partial charge in [0, 0.05) is 6.54 Å². The fraction of sp³-hybridized carbons (Fsp3) is 0.941. The zero-order chi connectivity index (χ0) is 15.5. The fourth-order valence-electron chi connectivity index (χ4n) is 3.62. The number of unbranched alkanes of at least 4 members (excludes halogenated alkanes) is 1. The first-order valence-electron chi connectivity index (χ1n) is 8.74. The summed E-state index contributed by atoms with van der Waals surface area (Å²) in [6.45, 7) is 9.96. The molecule has 1 amide bonds. The Morgan fingerprint density at radius 1 is 1.29 bits per heavy atom. The van der Waals surface area contributed by atoms with E-state index in [2.05, 4.69) is 42.9 Å². The van der Waals surface area contributed by atoms with Gasteiger partial charge in [0.05, 0.1) is 12.2 Å². The zero-order valence-electron chi connectivity index (χ0n) is 14.3. The average Bonchev–Trinajstić information content (AvgIpc) is 2.77. The maximum absolute atomic E-state index is 12.7. The number of nitrogens with one attached hydrogen (secondary N) is 1. The van der Waals surface area contributed by atoms with Crippen molar-refractivity contribution in [1.82, 2.24) is 15.1 Å². The quantitative estimate of drug-likeness (QED) is 0.817. The lowest BCUT2D eigenvalue weighted by Crippen LogP contribution is -2.47. The maximum atomic E-state index is 12.7. The third-order valence-corrected chi connectivity index (χ3v) is 5.33. The molecular formula is C17H33N3O. The molecule has 0 aromatic rings. The first-order valence-corrected chi connectivity index (χ1v) is 8.74. The Morgan fingerprint density at radius 3 is 2.52 bits per heavy atom. The first kappa shape index (κ1) is 16.8. The van der Waals surface area contributed by atoms with E-state index in [0.717, 1.165) is 45.3 Å². The third kappa shape index (κ3) is 3.98. The second kappa shape index (κ2) is 7.10. The smallest absolute Gasteiger partial charge is 0.241 e. The predicted octanol–water partition coefficient (Wildman–Crippen LogP) is 2.45. The van der Waals surface area contributed by atoms with E-state index in [9.17, 15) is 4.79 Å². The van der Waals surface area contributed by atoms with Crippen molar-refractivity contribution in [3.05, 3.63) is 0 Å². The van der Waals surface area contributed by atoms with Crippen molar-refractivity contribution in [3.63, 3.8) is 0 Å². The number of hydrogen-bond acceptors (Lipinski definition) is 3. The van der Waals surface area contributed by atoms with Crippen LogP contribution in [0.5, 0.6) is 0 Å². The van der Waals surface area contributed by atoms with Crippen LogP contribution in [0, 0.1) is 5.41 Å². The summed E-state index contributed by atoms with van der Waals surface area (Å²) in [5.74, 6) is 0.343. The standard InChI is InChI=1S/C17H33N3O/c1-5-7-8-14-16(21)20(15(6-2)18-14)13-17(3)9-11-19(4)12-10-17/h14-15,18H,5-13H2,1-4H3. The Morgan fingerprint density at radius 2 is 1.95 bits per heavy atom. The van der Waals surface area contributed by atoms with Crippen molar-refractivity contribution in [1.29, 1.82) is 0 Å². The summed E-state index contributed by atoms with van der Waals surface area (Å²) in [4.78, 5) is 17.3. The first-order chi connectivity index (χ1) is 9.99. The van der Waals surface area contributed by atoms with Crippen molar-refractivity contribution in [2.24, 2.45) is 5.41 Å². The summed E-state index contributed by atoms with van der Waals surface area (Å²) in [6.07, 6.45) is 6.93. The van der Waals surface area contributed by atoms with Crippen LogP contribution in [0.4, 0.5) is 0 Å². The van der Waals surface area contributed by atoms with Gasteiger partial charge in [-0.1, -0.05) is 33.6 Å². The van der Waals surface area contributed by atoms with Crippen LogP contribution in [-0.4, -0.2) is 54.6 Å². The highest BCUT2D eigenvalue weighted by Crippen LogP contribution is 2.33. The number of piperidine rings is 1. The summed E-state index contributed by atoms with van der Waals surface area (Å²) >= 11 is 0. The third-order valence-electron chi connectivity index (χ3n) is 5.33. The van der Waals surface area contributed by atoms with Crippen LogP contribution >= 0.6 is 0 Å². The van der Waals surface area contributed by atoms with Gasteiger partial charge in [-0.25, -0.2) is 0 Å². The molecule has 2 aliphatic rings. The summed E-state index contributed by atoms with van der Waals surface area (Å²) in [7, 11) is 2.19. The molecule has 2 saturated heterocycles. The molecule has 2 atom stereocenters. The molecule has 2 rings (SSSR count). The molecule has 0 aliphatic carbocycles. The van der Waals surface area contributed by atoms with E-state index in [1.54, 1.807) is 0 Å². The molecule has 0 radical (unpaired) electrons. The number of rotatable bonds is 6. The number of carbonyl (C=O) groups excluding carboxylic acids is 1. The molecule has 0 aromatic carbocycles. The number of likely N-dealkylation sites (tertiary alicyclic amines) is 1. The minimum atomic E-state index is 0.0600. The molecule has 2 fully saturated rings. The lowest BCUT2D eigenvalue weighted by molar-refractivity contribution is -0.132. The Labute approximate surface area is 130 Å². The lowest BCUT2D eigenvalue weighted by Gasteiger charge is -2.41. The number of hydrogen-bond donors (Lipinski definition) is 1. The molecule has 0 spiro atoms. The average molecular weight is 295 g/mol. The summed E-state index contributed by atoms with van der Waals surface area (Å²) in [6, 6.07) is 0.0600. The largest absolute Gasteiger partial charge is 0.325 e. The molecule has 4 heteroatoms. The number of carbonyl (C=O) groups is 1. The van der Waals surface area contributed by atoms with Crippen LogP contribution in [0.3, 0.4) is 0 Å². The Bertz CT molecular complexity index is 350. The minimum absolute atomic E-state index is 0.0600. The molecule has 21 heavy (non-hydrogen) atoms. The zero-order valence-corrected chi connectivity index (χ0v) is 14.3. The predicted molar refractivity (Wildman–Crippen MR) is 87.1 cm³/mol. The van der Waals surface area contributed by atoms with Gasteiger partial charge in [0.2, 0.25) is 5.91 Å². The van der Waals surface area contributed by atoms with E-state index in [0.29, 0.717) is 5.91 Å². The SMILES string of the molecule is CCCCC1NC(CC)N(CC2(C)CCN(C)CC2)C1=O. The Balaban J connectivity index is 1.98. The molecule has 2 heterocycles. The van der Waals surface area contributed by atoms with Crippen molar-refractivity contribution in [2.75, 3.05) is 26.7 Å². The second-order valence-corrected chi connectivity index (χ2v) is 7.37. The van der Waals surface area contributed by atoms with Gasteiger partial charge in [-0.15, -0.1) is 0 Å². The highest BCUT2D eigenvalue weighted by atomic mass is 16.2. The van der Waals surface area contributed by atoms with Crippen LogP contribution in [0.2, 0.25) is 0 Å². The van der Waals surface area contributed by atoms with Crippen LogP contribution in [0.1, 0.15) is 59.3 Å². The van der Waals surface area contributed by atoms with Crippen molar-refractivity contribution < 1.29 is 4.79 Å². The van der Waals surface area contributed by atoms with Crippen molar-refractivity contribution >= 4 is 5.91 Å². The molecule has 0 saturated carbocycles. The van der Waals surface area contributed by atoms with Gasteiger partial charge in [0.15, 0.2) is 0 Å². The van der Waals surface area contributed by atoms with Crippen LogP contribution in [-0.2, 0) is 4.79 Å². The minimum Gasteiger partial charge on any atom is -0.325 e. The Kier molecular flexibility index (Phi) is 5.67. The number of nitrogens with zero attached hydrogens (tertiary/aromatic N) is 2. The topological polar surface area (TPSA) is 35.6 Å². The van der Waals surface area contributed by atoms with E-state index < -0.39 is 0 Å². The molecule has 2 aliphatic heterocycles. The molecule has 122 valence electrons. The molecule has 1 N–H and O–H groups in total. The van der Waals surface area contributed by atoms with Gasteiger partial charge in [-0.2, -0.15) is 0 Å². The van der Waals surface area contributed by atoms with Crippen molar-refractivity contribution in [2.45, 2.75) is 71.5 Å². The second-order valence-electron chi connectivity index (χ2n) is 7.37. The van der Waals surface area contributed by atoms with Gasteiger partial charge in [0.25, 0.3) is 0 Å². The monoisotopic (exact) mass is 295 g/mol. The van der Waals surface area contributed by atoms with Gasteiger partial charge >= 0.3 is 0 Å². The summed E-state index contributed by atoms with van der Waals surface area (Å²) < 4.78 is 0. The normalized spacial score (nSPS) is 30.1. The maximum Gasteiger partial charge on any atom is 0.241 e. The number of amides is 1. The van der Waals surface area contributed by atoms with Crippen LogP contribution in [0.15, 0.2) is 0 Å². The van der Waals surface area contributed by atoms with Gasteiger partial charge in [0.1, 0.15) is 0 Å². The molecule has 2 unspecified atom stereocenters. The van der Waals surface area contributed by atoms with Gasteiger partial charge in [-0.3, -0.25) is 10.1 Å². The molecule has 0 aromatic heterocycles. The van der Waals surface area contributed by atoms with E-state index in [1.165, 1.54) is 12.8 Å². The Hall–Kier alpha value is -0.610. The highest BCUT2D eigenvalue weighted by molar-refractivity contribution is 5.84. The molecular weight excluding hydrogens is 262 g/mol. The highest BCUT2D eigenvalue weighted by Gasteiger charge is 2.41. The van der Waals surface area contributed by atoms with E-state index in [1.807, 2.05) is 0 Å². The van der Waals surface area contributed by atoms with E-state index >= 15 is 0 Å². The molecule has 0 bridgehead atoms. The van der Waals surface area contributed by atoms with E-state index in [-0.39, 0.29) is 17.6 Å². The van der Waals surface area contributed by atoms with E-state index in [4.69, 9.17) is 0 Å².